The summed E-state index contributed by atoms with van der Waals surface area (Å²) in [5.74, 6) is 1.42. The molecule has 4 nitrogen and oxygen atoms in total. The highest BCUT2D eigenvalue weighted by Crippen LogP contribution is 2.42. The van der Waals surface area contributed by atoms with Gasteiger partial charge < -0.3 is 4.90 Å². The number of aromatic nitrogens is 3. The van der Waals surface area contributed by atoms with Crippen LogP contribution >= 0.6 is 11.3 Å². The molecule has 0 amide bonds. The molecule has 0 radical (unpaired) electrons. The van der Waals surface area contributed by atoms with Crippen LogP contribution in [0.1, 0.15) is 35.8 Å². The molecule has 1 fully saturated rings. The molecule has 2 aromatic heterocycles. The summed E-state index contributed by atoms with van der Waals surface area (Å²) in [5.41, 5.74) is 4.42. The van der Waals surface area contributed by atoms with Crippen LogP contribution in [0.15, 0.2) is 65.4 Å². The number of thiazole rings is 1. The molecule has 0 unspecified atom stereocenters. The average Bonchev–Trinajstić information content (AvgIpc) is 3.12. The Kier molecular flexibility index (Phi) is 4.43. The molecule has 0 saturated heterocycles. The third-order valence-corrected chi connectivity index (χ3v) is 6.67. The first-order valence-corrected chi connectivity index (χ1v) is 10.5. The zero-order valence-corrected chi connectivity index (χ0v) is 16.5. The van der Waals surface area contributed by atoms with E-state index >= 15 is 0 Å². The number of aryl methyl sites for hydroxylation is 1. The minimum atomic E-state index is -0.178. The standard InChI is InChI=1S/C22H21FN4S/c1-14-9-24-21(25-10-14)20-13-28-22(26-20)16-2-3-17-11-27-12-18(23)5-7-19(27)6-4-15(17)8-16/h4-7,9-10,12-13,16-17H,2-3,8,11H2,1H3/t16-,17+/m0/s1. The van der Waals surface area contributed by atoms with Crippen LogP contribution < -0.4 is 0 Å². The minimum absolute atomic E-state index is 0.178. The second kappa shape index (κ2) is 7.09. The number of halogens is 1. The summed E-state index contributed by atoms with van der Waals surface area (Å²) in [5, 5.41) is 3.23. The molecule has 5 rings (SSSR count). The van der Waals surface area contributed by atoms with Gasteiger partial charge in [-0.05, 0) is 55.9 Å². The van der Waals surface area contributed by atoms with E-state index in [1.165, 1.54) is 16.7 Å². The number of rotatable bonds is 2. The Morgan fingerprint density at radius 1 is 1.11 bits per heavy atom. The highest BCUT2D eigenvalue weighted by Gasteiger charge is 2.31. The fourth-order valence-corrected chi connectivity index (χ4v) is 5.07. The third-order valence-electron chi connectivity index (χ3n) is 5.66. The highest BCUT2D eigenvalue weighted by atomic mass is 32.1. The summed E-state index contributed by atoms with van der Waals surface area (Å²) in [7, 11) is 0. The molecular formula is C22H21FN4S. The Balaban J connectivity index is 1.35. The van der Waals surface area contributed by atoms with Crippen LogP contribution in [0.25, 0.3) is 11.5 Å². The number of fused-ring (bicyclic) bond motifs is 2. The van der Waals surface area contributed by atoms with Crippen molar-refractivity contribution in [3.8, 4) is 11.5 Å². The zero-order valence-electron chi connectivity index (χ0n) is 15.7. The van der Waals surface area contributed by atoms with Gasteiger partial charge in [-0.3, -0.25) is 0 Å². The van der Waals surface area contributed by atoms with Gasteiger partial charge in [0.15, 0.2) is 5.82 Å². The highest BCUT2D eigenvalue weighted by molar-refractivity contribution is 7.10. The molecule has 6 heteroatoms. The predicted octanol–water partition coefficient (Wildman–Crippen LogP) is 5.30. The van der Waals surface area contributed by atoms with Crippen LogP contribution in [0.2, 0.25) is 0 Å². The van der Waals surface area contributed by atoms with Gasteiger partial charge in [-0.25, -0.2) is 19.3 Å². The lowest BCUT2D eigenvalue weighted by Gasteiger charge is -2.33. The van der Waals surface area contributed by atoms with Gasteiger partial charge in [0, 0.05) is 42.1 Å². The van der Waals surface area contributed by atoms with Gasteiger partial charge in [-0.2, -0.15) is 0 Å². The summed E-state index contributed by atoms with van der Waals surface area (Å²) in [6, 6.07) is 0. The number of hydrogen-bond acceptors (Lipinski definition) is 5. The van der Waals surface area contributed by atoms with E-state index in [9.17, 15) is 4.39 Å². The first-order valence-electron chi connectivity index (χ1n) is 9.63. The van der Waals surface area contributed by atoms with Gasteiger partial charge in [0.25, 0.3) is 0 Å². The van der Waals surface area contributed by atoms with E-state index in [4.69, 9.17) is 4.98 Å². The SMILES string of the molecule is Cc1cnc(-c2csc([C@H]3CC[C@@H]4CN5C=C(F)C=CC5=CC=C4C3)n2)nc1. The molecule has 0 spiro atoms. The van der Waals surface area contributed by atoms with E-state index in [1.54, 1.807) is 17.5 Å². The molecular weight excluding hydrogens is 371 g/mol. The van der Waals surface area contributed by atoms with Crippen molar-refractivity contribution in [3.05, 3.63) is 75.9 Å². The van der Waals surface area contributed by atoms with E-state index in [0.29, 0.717) is 17.7 Å². The van der Waals surface area contributed by atoms with Crippen molar-refractivity contribution in [2.24, 2.45) is 5.92 Å². The molecule has 2 atom stereocenters. The van der Waals surface area contributed by atoms with Crippen LogP contribution in [-0.2, 0) is 0 Å². The molecule has 1 aliphatic carbocycles. The summed E-state index contributed by atoms with van der Waals surface area (Å²) in [6.45, 7) is 2.83. The first-order chi connectivity index (χ1) is 13.7. The summed E-state index contributed by atoms with van der Waals surface area (Å²) in [4.78, 5) is 15.7. The monoisotopic (exact) mass is 392 g/mol. The maximum absolute atomic E-state index is 13.6. The first kappa shape index (κ1) is 17.5. The number of hydrogen-bond donors (Lipinski definition) is 0. The molecule has 0 N–H and O–H groups in total. The molecule has 3 aliphatic rings. The van der Waals surface area contributed by atoms with Crippen molar-refractivity contribution in [3.63, 3.8) is 0 Å². The van der Waals surface area contributed by atoms with E-state index in [1.807, 2.05) is 30.3 Å². The van der Waals surface area contributed by atoms with Gasteiger partial charge in [0.2, 0.25) is 0 Å². The zero-order chi connectivity index (χ0) is 19.1. The molecule has 4 heterocycles. The molecule has 1 saturated carbocycles. The van der Waals surface area contributed by atoms with E-state index in [2.05, 4.69) is 27.5 Å². The maximum Gasteiger partial charge on any atom is 0.178 e. The van der Waals surface area contributed by atoms with Crippen LogP contribution in [0.3, 0.4) is 0 Å². The van der Waals surface area contributed by atoms with E-state index < -0.39 is 0 Å². The van der Waals surface area contributed by atoms with Gasteiger partial charge in [0.1, 0.15) is 11.5 Å². The molecule has 2 aromatic rings. The van der Waals surface area contributed by atoms with Gasteiger partial charge in [-0.15, -0.1) is 11.3 Å². The van der Waals surface area contributed by atoms with Gasteiger partial charge >= 0.3 is 0 Å². The fraction of sp³-hybridized carbons (Fsp3) is 0.318. The molecule has 142 valence electrons. The van der Waals surface area contributed by atoms with Crippen molar-refractivity contribution in [2.45, 2.75) is 32.1 Å². The van der Waals surface area contributed by atoms with Gasteiger partial charge in [0.05, 0.1) is 5.01 Å². The molecule has 28 heavy (non-hydrogen) atoms. The van der Waals surface area contributed by atoms with Crippen molar-refractivity contribution >= 4 is 11.3 Å². The quantitative estimate of drug-likeness (QED) is 0.696. The van der Waals surface area contributed by atoms with Crippen LogP contribution in [0, 0.1) is 12.8 Å². The second-order valence-corrected chi connectivity index (χ2v) is 8.55. The minimum Gasteiger partial charge on any atom is -0.344 e. The topological polar surface area (TPSA) is 41.9 Å². The smallest absolute Gasteiger partial charge is 0.178 e. The maximum atomic E-state index is 13.6. The lowest BCUT2D eigenvalue weighted by atomic mass is 9.78. The largest absolute Gasteiger partial charge is 0.344 e. The Hall–Kier alpha value is -2.60. The van der Waals surface area contributed by atoms with E-state index in [-0.39, 0.29) is 5.83 Å². The Labute approximate surface area is 167 Å². The molecule has 0 aromatic carbocycles. The average molecular weight is 393 g/mol. The lowest BCUT2D eigenvalue weighted by Crippen LogP contribution is -2.28. The normalized spacial score (nSPS) is 23.9. The van der Waals surface area contributed by atoms with Crippen molar-refractivity contribution in [1.29, 1.82) is 0 Å². The summed E-state index contributed by atoms with van der Waals surface area (Å²) < 4.78 is 13.6. The predicted molar refractivity (Wildman–Crippen MR) is 109 cm³/mol. The Bertz CT molecular complexity index is 1020. The van der Waals surface area contributed by atoms with Crippen molar-refractivity contribution < 1.29 is 4.39 Å². The Morgan fingerprint density at radius 3 is 2.79 bits per heavy atom. The summed E-state index contributed by atoms with van der Waals surface area (Å²) >= 11 is 1.71. The molecule has 0 bridgehead atoms. The fourth-order valence-electron chi connectivity index (χ4n) is 4.13. The van der Waals surface area contributed by atoms with Crippen molar-refractivity contribution in [1.82, 2.24) is 19.9 Å². The van der Waals surface area contributed by atoms with Crippen LogP contribution in [0.4, 0.5) is 4.39 Å². The van der Waals surface area contributed by atoms with Gasteiger partial charge in [-0.1, -0.05) is 11.6 Å². The van der Waals surface area contributed by atoms with E-state index in [0.717, 1.165) is 42.8 Å². The van der Waals surface area contributed by atoms with Crippen LogP contribution in [0.5, 0.6) is 0 Å². The van der Waals surface area contributed by atoms with Crippen molar-refractivity contribution in [2.75, 3.05) is 6.54 Å². The summed E-state index contributed by atoms with van der Waals surface area (Å²) in [6.07, 6.45) is 16.2. The third kappa shape index (κ3) is 3.33. The number of nitrogens with zero attached hydrogens (tertiary/aromatic N) is 4. The Morgan fingerprint density at radius 2 is 1.93 bits per heavy atom. The lowest BCUT2D eigenvalue weighted by molar-refractivity contribution is 0.331. The van der Waals surface area contributed by atoms with Crippen LogP contribution in [-0.4, -0.2) is 26.4 Å². The number of allylic oxidation sites excluding steroid dienone is 5. The second-order valence-electron chi connectivity index (χ2n) is 7.66. The molecule has 2 aliphatic heterocycles.